The molecule has 19 heavy (non-hydrogen) atoms. The lowest BCUT2D eigenvalue weighted by Gasteiger charge is -2.24. The van der Waals surface area contributed by atoms with Crippen molar-refractivity contribution >= 4 is 17.6 Å². The summed E-state index contributed by atoms with van der Waals surface area (Å²) in [7, 11) is 1.73. The zero-order valence-electron chi connectivity index (χ0n) is 10.9. The molecule has 1 aliphatic heterocycles. The van der Waals surface area contributed by atoms with E-state index in [0.717, 1.165) is 31.6 Å². The number of rotatable bonds is 2. The van der Waals surface area contributed by atoms with Crippen LogP contribution in [0.3, 0.4) is 0 Å². The molecule has 0 unspecified atom stereocenters. The van der Waals surface area contributed by atoms with Gasteiger partial charge < -0.3 is 15.8 Å². The maximum absolute atomic E-state index is 12.2. The third-order valence-corrected chi connectivity index (χ3v) is 3.30. The van der Waals surface area contributed by atoms with E-state index in [1.54, 1.807) is 30.1 Å². The van der Waals surface area contributed by atoms with Crippen LogP contribution in [0.1, 0.15) is 18.4 Å². The second-order valence-corrected chi connectivity index (χ2v) is 4.57. The molecular weight excluding hydrogens is 244 g/mol. The number of oxime groups is 1. The van der Waals surface area contributed by atoms with E-state index in [-0.39, 0.29) is 11.9 Å². The number of benzene rings is 1. The van der Waals surface area contributed by atoms with Gasteiger partial charge in [0.05, 0.1) is 0 Å². The maximum Gasteiger partial charge on any atom is 0.324 e. The molecule has 0 aliphatic carbocycles. The van der Waals surface area contributed by atoms with Gasteiger partial charge in [-0.2, -0.15) is 0 Å². The van der Waals surface area contributed by atoms with Crippen molar-refractivity contribution in [3.05, 3.63) is 29.8 Å². The number of urea groups is 1. The molecule has 1 aromatic carbocycles. The highest BCUT2D eigenvalue weighted by Gasteiger charge is 2.22. The SMILES string of the molecule is CN(C(=O)N1CCCC1)c1cccc(C(N)=NO)c1. The average molecular weight is 262 g/mol. The molecule has 6 nitrogen and oxygen atoms in total. The molecule has 3 N–H and O–H groups in total. The molecular formula is C13H18N4O2. The van der Waals surface area contributed by atoms with Gasteiger partial charge in [-0.15, -0.1) is 0 Å². The largest absolute Gasteiger partial charge is 0.409 e. The minimum atomic E-state index is -0.0193. The van der Waals surface area contributed by atoms with Crippen molar-refractivity contribution in [3.8, 4) is 0 Å². The topological polar surface area (TPSA) is 82.2 Å². The molecule has 0 spiro atoms. The van der Waals surface area contributed by atoms with Gasteiger partial charge in [-0.3, -0.25) is 4.90 Å². The Morgan fingerprint density at radius 3 is 2.74 bits per heavy atom. The van der Waals surface area contributed by atoms with Crippen molar-refractivity contribution < 1.29 is 10.0 Å². The number of likely N-dealkylation sites (tertiary alicyclic amines) is 1. The Hall–Kier alpha value is -2.24. The minimum absolute atomic E-state index is 0.0193. The van der Waals surface area contributed by atoms with Crippen LogP contribution in [-0.4, -0.2) is 42.1 Å². The molecule has 1 saturated heterocycles. The first-order valence-electron chi connectivity index (χ1n) is 6.24. The molecule has 1 aliphatic rings. The van der Waals surface area contributed by atoms with Crippen LogP contribution >= 0.6 is 0 Å². The van der Waals surface area contributed by atoms with E-state index in [4.69, 9.17) is 10.9 Å². The lowest BCUT2D eigenvalue weighted by Crippen LogP contribution is -2.39. The fraction of sp³-hybridized carbons (Fsp3) is 0.385. The van der Waals surface area contributed by atoms with Crippen molar-refractivity contribution in [2.75, 3.05) is 25.0 Å². The van der Waals surface area contributed by atoms with Gasteiger partial charge in [0.2, 0.25) is 0 Å². The third-order valence-electron chi connectivity index (χ3n) is 3.30. The van der Waals surface area contributed by atoms with E-state index in [0.29, 0.717) is 5.56 Å². The summed E-state index contributed by atoms with van der Waals surface area (Å²) in [5.74, 6) is 0.0314. The van der Waals surface area contributed by atoms with Crippen LogP contribution in [0.2, 0.25) is 0 Å². The van der Waals surface area contributed by atoms with Crippen molar-refractivity contribution in [1.82, 2.24) is 4.90 Å². The molecule has 0 aromatic heterocycles. The summed E-state index contributed by atoms with van der Waals surface area (Å²) >= 11 is 0. The number of hydrogen-bond acceptors (Lipinski definition) is 3. The van der Waals surface area contributed by atoms with Gasteiger partial charge in [0.1, 0.15) is 0 Å². The number of nitrogens with zero attached hydrogens (tertiary/aromatic N) is 3. The fourth-order valence-electron chi connectivity index (χ4n) is 2.16. The summed E-state index contributed by atoms with van der Waals surface area (Å²) in [6.07, 6.45) is 2.12. The summed E-state index contributed by atoms with van der Waals surface area (Å²) < 4.78 is 0. The maximum atomic E-state index is 12.2. The number of hydrogen-bond donors (Lipinski definition) is 2. The Labute approximate surface area is 112 Å². The van der Waals surface area contributed by atoms with Crippen molar-refractivity contribution in [2.24, 2.45) is 10.9 Å². The van der Waals surface area contributed by atoms with Crippen LogP contribution in [0.15, 0.2) is 29.4 Å². The Bertz CT molecular complexity index is 495. The number of carbonyl (C=O) groups excluding carboxylic acids is 1. The summed E-state index contributed by atoms with van der Waals surface area (Å²) in [4.78, 5) is 15.6. The highest BCUT2D eigenvalue weighted by atomic mass is 16.4. The molecule has 0 radical (unpaired) electrons. The van der Waals surface area contributed by atoms with Crippen LogP contribution < -0.4 is 10.6 Å². The van der Waals surface area contributed by atoms with E-state index in [1.165, 1.54) is 0 Å². The molecule has 102 valence electrons. The van der Waals surface area contributed by atoms with Gasteiger partial charge >= 0.3 is 6.03 Å². The highest BCUT2D eigenvalue weighted by molar-refractivity contribution is 5.99. The zero-order valence-corrected chi connectivity index (χ0v) is 10.9. The first-order chi connectivity index (χ1) is 9.13. The van der Waals surface area contributed by atoms with Gasteiger partial charge in [0.15, 0.2) is 5.84 Å². The molecule has 0 saturated carbocycles. The van der Waals surface area contributed by atoms with Gasteiger partial charge in [-0.25, -0.2) is 4.79 Å². The Morgan fingerprint density at radius 2 is 2.11 bits per heavy atom. The number of nitrogens with two attached hydrogens (primary N) is 1. The quantitative estimate of drug-likeness (QED) is 0.366. The summed E-state index contributed by atoms with van der Waals surface area (Å²) in [6.45, 7) is 1.62. The predicted octanol–water partition coefficient (Wildman–Crippen LogP) is 1.43. The van der Waals surface area contributed by atoms with Crippen molar-refractivity contribution in [2.45, 2.75) is 12.8 Å². The van der Waals surface area contributed by atoms with E-state index in [2.05, 4.69) is 5.16 Å². The van der Waals surface area contributed by atoms with Gasteiger partial charge in [0.25, 0.3) is 0 Å². The fourth-order valence-corrected chi connectivity index (χ4v) is 2.16. The van der Waals surface area contributed by atoms with Crippen molar-refractivity contribution in [1.29, 1.82) is 0 Å². The predicted molar refractivity (Wildman–Crippen MR) is 73.6 cm³/mol. The Morgan fingerprint density at radius 1 is 1.42 bits per heavy atom. The second-order valence-electron chi connectivity index (χ2n) is 4.57. The number of amidine groups is 1. The zero-order chi connectivity index (χ0) is 13.8. The summed E-state index contributed by atoms with van der Waals surface area (Å²) in [5, 5.41) is 11.6. The first-order valence-corrected chi connectivity index (χ1v) is 6.24. The van der Waals surface area contributed by atoms with Crippen molar-refractivity contribution in [3.63, 3.8) is 0 Å². The van der Waals surface area contributed by atoms with Gasteiger partial charge in [-0.1, -0.05) is 17.3 Å². The molecule has 2 rings (SSSR count). The summed E-state index contributed by atoms with van der Waals surface area (Å²) in [6, 6.07) is 7.03. The lowest BCUT2D eigenvalue weighted by molar-refractivity contribution is 0.217. The van der Waals surface area contributed by atoms with E-state index in [1.807, 2.05) is 11.0 Å². The van der Waals surface area contributed by atoms with Crippen LogP contribution in [0.4, 0.5) is 10.5 Å². The van der Waals surface area contributed by atoms with Crippen LogP contribution in [0.5, 0.6) is 0 Å². The number of amides is 2. The molecule has 1 heterocycles. The number of carbonyl (C=O) groups is 1. The molecule has 0 atom stereocenters. The van der Waals surface area contributed by atoms with E-state index in [9.17, 15) is 4.79 Å². The third kappa shape index (κ3) is 2.78. The minimum Gasteiger partial charge on any atom is -0.409 e. The Balaban J connectivity index is 2.18. The first kappa shape index (κ1) is 13.2. The normalized spacial score (nSPS) is 15.6. The lowest BCUT2D eigenvalue weighted by atomic mass is 10.2. The molecule has 0 bridgehead atoms. The van der Waals surface area contributed by atoms with E-state index < -0.39 is 0 Å². The second kappa shape index (κ2) is 5.60. The number of anilines is 1. The highest BCUT2D eigenvalue weighted by Crippen LogP contribution is 2.18. The smallest absolute Gasteiger partial charge is 0.324 e. The summed E-state index contributed by atoms with van der Waals surface area (Å²) in [5.41, 5.74) is 6.86. The molecule has 6 heteroatoms. The van der Waals surface area contributed by atoms with Gasteiger partial charge in [0, 0.05) is 31.4 Å². The Kier molecular flexibility index (Phi) is 3.89. The van der Waals surface area contributed by atoms with Crippen LogP contribution in [0, 0.1) is 0 Å². The van der Waals surface area contributed by atoms with Crippen LogP contribution in [-0.2, 0) is 0 Å². The molecule has 2 amide bonds. The molecule has 1 fully saturated rings. The van der Waals surface area contributed by atoms with E-state index >= 15 is 0 Å². The van der Waals surface area contributed by atoms with Crippen LogP contribution in [0.25, 0.3) is 0 Å². The molecule has 1 aromatic rings. The monoisotopic (exact) mass is 262 g/mol. The van der Waals surface area contributed by atoms with Gasteiger partial charge in [-0.05, 0) is 25.0 Å². The average Bonchev–Trinajstić information content (AvgIpc) is 2.99. The standard InChI is InChI=1S/C13H18N4O2/c1-16(13(18)17-7-2-3-8-17)11-6-4-5-10(9-11)12(14)15-19/h4-6,9,19H,2-3,7-8H2,1H3,(H2,14,15).